The Balaban J connectivity index is 2.36. The molecule has 0 spiro atoms. The molecule has 0 aliphatic carbocycles. The highest BCUT2D eigenvalue weighted by Crippen LogP contribution is 2.23. The van der Waals surface area contributed by atoms with E-state index < -0.39 is 0 Å². The second-order valence-corrected chi connectivity index (χ2v) is 7.03. The van der Waals surface area contributed by atoms with Crippen molar-refractivity contribution in [1.82, 2.24) is 9.97 Å². The lowest BCUT2D eigenvalue weighted by molar-refractivity contribution is 0.414. The fraction of sp³-hybridized carbons (Fsp3) is 0.375. The molecule has 1 aromatic heterocycles. The minimum Gasteiger partial charge on any atom is -0.497 e. The Morgan fingerprint density at radius 3 is 2.38 bits per heavy atom. The van der Waals surface area contributed by atoms with Crippen molar-refractivity contribution in [2.75, 3.05) is 7.11 Å². The van der Waals surface area contributed by atoms with Crippen molar-refractivity contribution in [2.45, 2.75) is 32.6 Å². The summed E-state index contributed by atoms with van der Waals surface area (Å²) >= 11 is 2.06. The van der Waals surface area contributed by atoms with E-state index in [1.807, 2.05) is 24.3 Å². The monoisotopic (exact) mass is 398 g/mol. The molecule has 21 heavy (non-hydrogen) atoms. The zero-order valence-electron chi connectivity index (χ0n) is 12.7. The molecule has 0 saturated heterocycles. The molecule has 1 N–H and O–H groups in total. The topological polar surface area (TPSA) is 55.0 Å². The molecule has 2 rings (SSSR count). The first-order chi connectivity index (χ1) is 9.81. The first-order valence-electron chi connectivity index (χ1n) is 6.73. The van der Waals surface area contributed by atoms with Gasteiger partial charge in [0.1, 0.15) is 15.1 Å². The molecule has 4 nitrogen and oxygen atoms in total. The second kappa shape index (κ2) is 6.17. The Hall–Kier alpha value is -1.37. The van der Waals surface area contributed by atoms with E-state index in [9.17, 15) is 4.79 Å². The highest BCUT2D eigenvalue weighted by Gasteiger charge is 2.21. The van der Waals surface area contributed by atoms with Gasteiger partial charge in [-0.3, -0.25) is 4.79 Å². The molecule has 0 unspecified atom stereocenters. The Bertz CT molecular complexity index is 685. The fourth-order valence-corrected chi connectivity index (χ4v) is 3.09. The summed E-state index contributed by atoms with van der Waals surface area (Å²) in [7, 11) is 1.64. The van der Waals surface area contributed by atoms with Crippen LogP contribution in [0.2, 0.25) is 0 Å². The Kier molecular flexibility index (Phi) is 4.70. The van der Waals surface area contributed by atoms with E-state index in [1.165, 1.54) is 0 Å². The maximum Gasteiger partial charge on any atom is 0.264 e. The summed E-state index contributed by atoms with van der Waals surface area (Å²) in [5.74, 6) is 1.51. The van der Waals surface area contributed by atoms with Gasteiger partial charge in [0.2, 0.25) is 0 Å². The maximum absolute atomic E-state index is 12.1. The van der Waals surface area contributed by atoms with Crippen molar-refractivity contribution < 1.29 is 4.74 Å². The van der Waals surface area contributed by atoms with Crippen LogP contribution in [-0.4, -0.2) is 17.1 Å². The Labute approximate surface area is 138 Å². The van der Waals surface area contributed by atoms with Crippen molar-refractivity contribution in [2.24, 2.45) is 0 Å². The number of aromatic nitrogens is 2. The summed E-state index contributed by atoms with van der Waals surface area (Å²) in [6.45, 7) is 6.19. The molecular formula is C16H19IN2O2. The van der Waals surface area contributed by atoms with Gasteiger partial charge in [0.05, 0.1) is 12.8 Å². The number of methoxy groups -OCH3 is 1. The zero-order valence-corrected chi connectivity index (χ0v) is 14.8. The van der Waals surface area contributed by atoms with Crippen LogP contribution in [0, 0.1) is 3.57 Å². The van der Waals surface area contributed by atoms with Gasteiger partial charge in [0, 0.05) is 11.8 Å². The van der Waals surface area contributed by atoms with E-state index in [-0.39, 0.29) is 11.0 Å². The van der Waals surface area contributed by atoms with Gasteiger partial charge >= 0.3 is 0 Å². The van der Waals surface area contributed by atoms with Gasteiger partial charge in [0.15, 0.2) is 0 Å². The first kappa shape index (κ1) is 16.0. The first-order valence-corrected chi connectivity index (χ1v) is 7.81. The van der Waals surface area contributed by atoms with Crippen molar-refractivity contribution in [3.63, 3.8) is 0 Å². The number of ether oxygens (including phenoxy) is 1. The number of aromatic amines is 1. The number of H-pyrrole nitrogens is 1. The molecule has 0 aliphatic heterocycles. The number of rotatable bonds is 3. The number of hydrogen-bond acceptors (Lipinski definition) is 3. The molecule has 0 aliphatic rings. The molecule has 0 bridgehead atoms. The van der Waals surface area contributed by atoms with Gasteiger partial charge in [0.25, 0.3) is 5.56 Å². The normalized spacial score (nSPS) is 11.5. The van der Waals surface area contributed by atoms with E-state index in [0.29, 0.717) is 15.8 Å². The molecule has 0 atom stereocenters. The molecule has 112 valence electrons. The summed E-state index contributed by atoms with van der Waals surface area (Å²) in [6.07, 6.45) is 0.596. The van der Waals surface area contributed by atoms with Gasteiger partial charge in [-0.05, 0) is 40.3 Å². The van der Waals surface area contributed by atoms with Crippen LogP contribution in [0.3, 0.4) is 0 Å². The SMILES string of the molecule is COc1ccc(Cc2nc(C(C)(C)C)c(I)c(=O)[nH]2)cc1. The van der Waals surface area contributed by atoms with Crippen LogP contribution >= 0.6 is 22.6 Å². The van der Waals surface area contributed by atoms with Gasteiger partial charge < -0.3 is 9.72 Å². The van der Waals surface area contributed by atoms with Crippen LogP contribution in [0.4, 0.5) is 0 Å². The summed E-state index contributed by atoms with van der Waals surface area (Å²) < 4.78 is 5.81. The number of halogens is 1. The molecule has 0 radical (unpaired) electrons. The van der Waals surface area contributed by atoms with Gasteiger partial charge in [-0.15, -0.1) is 0 Å². The second-order valence-electron chi connectivity index (χ2n) is 5.95. The molecule has 0 amide bonds. The third-order valence-electron chi connectivity index (χ3n) is 3.15. The van der Waals surface area contributed by atoms with E-state index >= 15 is 0 Å². The van der Waals surface area contributed by atoms with Crippen molar-refractivity contribution in [3.05, 3.63) is 55.3 Å². The predicted molar refractivity (Wildman–Crippen MR) is 92.1 cm³/mol. The minimum absolute atomic E-state index is 0.0703. The average molecular weight is 398 g/mol. The Morgan fingerprint density at radius 2 is 1.86 bits per heavy atom. The molecule has 5 heteroatoms. The maximum atomic E-state index is 12.1. The third-order valence-corrected chi connectivity index (χ3v) is 4.15. The fourth-order valence-electron chi connectivity index (χ4n) is 2.02. The van der Waals surface area contributed by atoms with Crippen molar-refractivity contribution >= 4 is 22.6 Å². The summed E-state index contributed by atoms with van der Waals surface area (Å²) in [6, 6.07) is 7.77. The van der Waals surface area contributed by atoms with Crippen LogP contribution < -0.4 is 10.3 Å². The number of nitrogens with zero attached hydrogens (tertiary/aromatic N) is 1. The summed E-state index contributed by atoms with van der Waals surface area (Å²) in [4.78, 5) is 19.6. The smallest absolute Gasteiger partial charge is 0.264 e. The molecule has 0 saturated carbocycles. The third kappa shape index (κ3) is 3.84. The molecule has 1 aromatic carbocycles. The Morgan fingerprint density at radius 1 is 1.24 bits per heavy atom. The number of nitrogens with one attached hydrogen (secondary N) is 1. The number of benzene rings is 1. The summed E-state index contributed by atoms with van der Waals surface area (Å²) in [5.41, 5.74) is 1.70. The largest absolute Gasteiger partial charge is 0.497 e. The van der Waals surface area contributed by atoms with Crippen LogP contribution in [0.1, 0.15) is 37.9 Å². The molecule has 2 aromatic rings. The van der Waals surface area contributed by atoms with Crippen LogP contribution in [-0.2, 0) is 11.8 Å². The minimum atomic E-state index is -0.153. The van der Waals surface area contributed by atoms with Crippen LogP contribution in [0.15, 0.2) is 29.1 Å². The van der Waals surface area contributed by atoms with E-state index in [4.69, 9.17) is 4.74 Å². The lowest BCUT2D eigenvalue weighted by atomic mass is 9.92. The molecular weight excluding hydrogens is 379 g/mol. The van der Waals surface area contributed by atoms with Gasteiger partial charge in [-0.1, -0.05) is 32.9 Å². The van der Waals surface area contributed by atoms with E-state index in [0.717, 1.165) is 17.0 Å². The number of hydrogen-bond donors (Lipinski definition) is 1. The lowest BCUT2D eigenvalue weighted by Gasteiger charge is -2.19. The van der Waals surface area contributed by atoms with Crippen molar-refractivity contribution in [3.8, 4) is 5.75 Å². The van der Waals surface area contributed by atoms with E-state index in [1.54, 1.807) is 7.11 Å². The average Bonchev–Trinajstić information content (AvgIpc) is 2.42. The van der Waals surface area contributed by atoms with E-state index in [2.05, 4.69) is 53.3 Å². The van der Waals surface area contributed by atoms with Crippen LogP contribution in [0.5, 0.6) is 5.75 Å². The highest BCUT2D eigenvalue weighted by molar-refractivity contribution is 14.1. The molecule has 1 heterocycles. The molecule has 0 fully saturated rings. The predicted octanol–water partition coefficient (Wildman–Crippen LogP) is 3.27. The quantitative estimate of drug-likeness (QED) is 0.808. The van der Waals surface area contributed by atoms with Gasteiger partial charge in [-0.2, -0.15) is 0 Å². The van der Waals surface area contributed by atoms with Crippen molar-refractivity contribution in [1.29, 1.82) is 0 Å². The summed E-state index contributed by atoms with van der Waals surface area (Å²) in [5, 5.41) is 0. The zero-order chi connectivity index (χ0) is 15.6. The lowest BCUT2D eigenvalue weighted by Crippen LogP contribution is -2.25. The highest BCUT2D eigenvalue weighted by atomic mass is 127. The van der Waals surface area contributed by atoms with Crippen LogP contribution in [0.25, 0.3) is 0 Å². The standard InChI is InChI=1S/C16H19IN2O2/c1-16(2,3)14-13(17)15(20)19-12(18-14)9-10-5-7-11(21-4)8-6-10/h5-8H,9H2,1-4H3,(H,18,19,20). The van der Waals surface area contributed by atoms with Gasteiger partial charge in [-0.25, -0.2) is 4.98 Å².